The first kappa shape index (κ1) is 16.6. The molecule has 0 bridgehead atoms. The average Bonchev–Trinajstić information content (AvgIpc) is 2.64. The van der Waals surface area contributed by atoms with Crippen molar-refractivity contribution in [2.24, 2.45) is 0 Å². The minimum atomic E-state index is -3.44. The van der Waals surface area contributed by atoms with Crippen LogP contribution in [0.3, 0.4) is 0 Å². The number of rotatable bonds is 7. The Morgan fingerprint density at radius 2 is 2.11 bits per heavy atom. The van der Waals surface area contributed by atoms with E-state index >= 15 is 0 Å². The topological polar surface area (TPSA) is 46.6 Å². The largest absolute Gasteiger partial charge is 0.383 e. The fraction of sp³-hybridized carbons (Fsp3) is 0.600. The van der Waals surface area contributed by atoms with Crippen molar-refractivity contribution in [1.82, 2.24) is 4.31 Å². The van der Waals surface area contributed by atoms with Crippen LogP contribution in [0.1, 0.15) is 4.88 Å². The molecule has 0 saturated carbocycles. The minimum absolute atomic E-state index is 0.358. The van der Waals surface area contributed by atoms with Crippen LogP contribution in [0, 0.1) is 6.92 Å². The molecule has 0 saturated heterocycles. The summed E-state index contributed by atoms with van der Waals surface area (Å²) in [5.74, 6) is 0. The number of ether oxygens (including phenoxy) is 1. The Balaban J connectivity index is 3.04. The smallest absolute Gasteiger partial charge is 0.244 e. The number of nitrogens with zero attached hydrogens (tertiary/aromatic N) is 1. The lowest BCUT2D eigenvalue weighted by atomic mass is 10.5. The van der Waals surface area contributed by atoms with Crippen LogP contribution in [-0.2, 0) is 14.8 Å². The molecule has 0 atom stereocenters. The molecule has 0 aromatic carbocycles. The van der Waals surface area contributed by atoms with Crippen molar-refractivity contribution in [3.8, 4) is 0 Å². The number of halogens is 2. The SMILES string of the molecule is COCCN(CCBr)S(=O)(=O)c1cc(Br)sc1C. The summed E-state index contributed by atoms with van der Waals surface area (Å²) >= 11 is 8.02. The number of aryl methyl sites for hydroxylation is 1. The molecule has 8 heteroatoms. The number of hydrogen-bond acceptors (Lipinski definition) is 4. The van der Waals surface area contributed by atoms with E-state index in [0.29, 0.717) is 29.9 Å². The van der Waals surface area contributed by atoms with E-state index in [2.05, 4.69) is 31.9 Å². The molecule has 0 fully saturated rings. The highest BCUT2D eigenvalue weighted by molar-refractivity contribution is 9.11. The molecular weight excluding hydrogens is 406 g/mol. The maximum absolute atomic E-state index is 12.5. The van der Waals surface area contributed by atoms with Gasteiger partial charge in [-0.05, 0) is 28.9 Å². The zero-order valence-corrected chi connectivity index (χ0v) is 15.0. The molecule has 0 aliphatic carbocycles. The van der Waals surface area contributed by atoms with E-state index in [1.165, 1.54) is 15.6 Å². The second kappa shape index (κ2) is 7.35. The lowest BCUT2D eigenvalue weighted by Crippen LogP contribution is -2.35. The van der Waals surface area contributed by atoms with Gasteiger partial charge in [0.05, 0.1) is 15.3 Å². The van der Waals surface area contributed by atoms with E-state index in [4.69, 9.17) is 4.74 Å². The van der Waals surface area contributed by atoms with Crippen LogP contribution in [0.5, 0.6) is 0 Å². The van der Waals surface area contributed by atoms with Gasteiger partial charge in [0.1, 0.15) is 0 Å². The molecule has 0 radical (unpaired) electrons. The maximum Gasteiger partial charge on any atom is 0.244 e. The molecule has 1 aromatic rings. The molecule has 0 spiro atoms. The molecule has 1 aromatic heterocycles. The number of alkyl halides is 1. The predicted molar refractivity (Wildman–Crippen MR) is 81.2 cm³/mol. The van der Waals surface area contributed by atoms with Crippen LogP contribution in [0.25, 0.3) is 0 Å². The standard InChI is InChI=1S/C10H15Br2NO3S2/c1-8-9(7-10(12)17-8)18(14,15)13(4-3-11)5-6-16-2/h7H,3-6H2,1-2H3. The second-order valence-corrected chi connectivity index (χ2v) is 8.89. The van der Waals surface area contributed by atoms with Crippen molar-refractivity contribution in [1.29, 1.82) is 0 Å². The first-order valence-electron chi connectivity index (χ1n) is 5.24. The second-order valence-electron chi connectivity index (χ2n) is 3.56. The zero-order valence-electron chi connectivity index (χ0n) is 10.2. The van der Waals surface area contributed by atoms with Gasteiger partial charge >= 0.3 is 0 Å². The van der Waals surface area contributed by atoms with E-state index in [0.717, 1.165) is 8.66 Å². The van der Waals surface area contributed by atoms with Crippen molar-refractivity contribution in [3.63, 3.8) is 0 Å². The average molecular weight is 421 g/mol. The highest BCUT2D eigenvalue weighted by Crippen LogP contribution is 2.31. The highest BCUT2D eigenvalue weighted by Gasteiger charge is 2.26. The van der Waals surface area contributed by atoms with Crippen LogP contribution in [0.4, 0.5) is 0 Å². The number of methoxy groups -OCH3 is 1. The third kappa shape index (κ3) is 4.01. The summed E-state index contributed by atoms with van der Waals surface area (Å²) in [6.07, 6.45) is 0. The molecule has 4 nitrogen and oxygen atoms in total. The normalized spacial score (nSPS) is 12.3. The first-order chi connectivity index (χ1) is 8.43. The highest BCUT2D eigenvalue weighted by atomic mass is 79.9. The maximum atomic E-state index is 12.5. The summed E-state index contributed by atoms with van der Waals surface area (Å²) in [6.45, 7) is 2.98. The summed E-state index contributed by atoms with van der Waals surface area (Å²) in [6, 6.07) is 1.66. The first-order valence-corrected chi connectivity index (χ1v) is 9.41. The lowest BCUT2D eigenvalue weighted by Gasteiger charge is -2.20. The van der Waals surface area contributed by atoms with E-state index in [1.807, 2.05) is 6.92 Å². The summed E-state index contributed by atoms with van der Waals surface area (Å²) < 4.78 is 32.2. The fourth-order valence-electron chi connectivity index (χ4n) is 1.47. The third-order valence-electron chi connectivity index (χ3n) is 2.34. The summed E-state index contributed by atoms with van der Waals surface area (Å²) in [4.78, 5) is 1.16. The number of thiophene rings is 1. The van der Waals surface area contributed by atoms with Gasteiger partial charge in [0.25, 0.3) is 0 Å². The predicted octanol–water partition coefficient (Wildman–Crippen LogP) is 2.85. The van der Waals surface area contributed by atoms with Crippen molar-refractivity contribution < 1.29 is 13.2 Å². The molecule has 0 N–H and O–H groups in total. The van der Waals surface area contributed by atoms with Crippen LogP contribution < -0.4 is 0 Å². The molecule has 18 heavy (non-hydrogen) atoms. The van der Waals surface area contributed by atoms with Crippen LogP contribution in [0.15, 0.2) is 14.7 Å². The Kier molecular flexibility index (Phi) is 6.77. The van der Waals surface area contributed by atoms with Gasteiger partial charge in [-0.2, -0.15) is 4.31 Å². The molecular formula is C10H15Br2NO3S2. The zero-order chi connectivity index (χ0) is 13.8. The number of sulfonamides is 1. The Labute approximate surface area is 129 Å². The summed E-state index contributed by atoms with van der Waals surface area (Å²) in [5.41, 5.74) is 0. The molecule has 0 aliphatic heterocycles. The van der Waals surface area contributed by atoms with Crippen LogP contribution >= 0.6 is 43.2 Å². The molecule has 104 valence electrons. The summed E-state index contributed by atoms with van der Waals surface area (Å²) in [7, 11) is -1.88. The Hall–Kier alpha value is 0.530. The quantitative estimate of drug-likeness (QED) is 0.637. The van der Waals surface area contributed by atoms with E-state index in [9.17, 15) is 8.42 Å². The van der Waals surface area contributed by atoms with Crippen molar-refractivity contribution >= 4 is 53.2 Å². The van der Waals surface area contributed by atoms with E-state index in [1.54, 1.807) is 13.2 Å². The van der Waals surface area contributed by atoms with E-state index < -0.39 is 10.0 Å². The van der Waals surface area contributed by atoms with Gasteiger partial charge in [0.2, 0.25) is 10.0 Å². The molecule has 1 heterocycles. The van der Waals surface area contributed by atoms with Gasteiger partial charge in [-0.25, -0.2) is 8.42 Å². The summed E-state index contributed by atoms with van der Waals surface area (Å²) in [5, 5.41) is 0.598. The Morgan fingerprint density at radius 3 is 2.56 bits per heavy atom. The van der Waals surface area contributed by atoms with Gasteiger partial charge in [-0.3, -0.25) is 0 Å². The Bertz CT molecular complexity index is 487. The monoisotopic (exact) mass is 419 g/mol. The van der Waals surface area contributed by atoms with E-state index in [-0.39, 0.29) is 0 Å². The molecule has 1 rings (SSSR count). The minimum Gasteiger partial charge on any atom is -0.383 e. The van der Waals surface area contributed by atoms with Crippen LogP contribution in [-0.4, -0.2) is 44.9 Å². The van der Waals surface area contributed by atoms with Crippen LogP contribution in [0.2, 0.25) is 0 Å². The molecule has 0 aliphatic rings. The van der Waals surface area contributed by atoms with Crippen molar-refractivity contribution in [2.45, 2.75) is 11.8 Å². The third-order valence-corrected chi connectivity index (χ3v) is 6.40. The fourth-order valence-corrected chi connectivity index (χ4v) is 5.94. The van der Waals surface area contributed by atoms with Gasteiger partial charge in [-0.15, -0.1) is 11.3 Å². The van der Waals surface area contributed by atoms with Gasteiger partial charge < -0.3 is 4.74 Å². The van der Waals surface area contributed by atoms with Gasteiger partial charge in [0, 0.05) is 30.4 Å². The number of hydrogen-bond donors (Lipinski definition) is 0. The van der Waals surface area contributed by atoms with Crippen molar-refractivity contribution in [3.05, 3.63) is 14.7 Å². The molecule has 0 unspecified atom stereocenters. The van der Waals surface area contributed by atoms with Gasteiger partial charge in [-0.1, -0.05) is 15.9 Å². The molecule has 0 amide bonds. The van der Waals surface area contributed by atoms with Crippen molar-refractivity contribution in [2.75, 3.05) is 32.1 Å². The lowest BCUT2D eigenvalue weighted by molar-refractivity contribution is 0.180. The Morgan fingerprint density at radius 1 is 1.44 bits per heavy atom. The van der Waals surface area contributed by atoms with Gasteiger partial charge in [0.15, 0.2) is 0 Å².